The first-order valence-electron chi connectivity index (χ1n) is 11.9. The van der Waals surface area contributed by atoms with Crippen molar-refractivity contribution in [3.05, 3.63) is 93.5 Å². The van der Waals surface area contributed by atoms with E-state index in [0.29, 0.717) is 5.56 Å². The van der Waals surface area contributed by atoms with E-state index in [9.17, 15) is 35.6 Å². The van der Waals surface area contributed by atoms with Crippen molar-refractivity contribution >= 4 is 33.3 Å². The van der Waals surface area contributed by atoms with Gasteiger partial charge >= 0.3 is 6.18 Å². The summed E-state index contributed by atoms with van der Waals surface area (Å²) in [5.41, 5.74) is -0.776. The normalized spacial score (nSPS) is 11.7. The van der Waals surface area contributed by atoms with Crippen molar-refractivity contribution in [2.45, 2.75) is 31.1 Å². The molecule has 0 atom stereocenters. The minimum Gasteiger partial charge on any atom is -0.490 e. The Balaban J connectivity index is 1.77. The number of hydrogen-bond acceptors (Lipinski definition) is 5. The SMILES string of the molecule is CCS(=O)(=O)c1ccc(CNC(=O)c2ccc(OCCF)c(C(=O)NCc3ccc(Cl)cc3C(F)(F)F)c2)cc1. The molecule has 0 aliphatic carbocycles. The Bertz CT molecular complexity index is 1480. The maximum Gasteiger partial charge on any atom is 0.416 e. The molecule has 3 aromatic rings. The first-order valence-corrected chi connectivity index (χ1v) is 13.9. The number of benzene rings is 3. The summed E-state index contributed by atoms with van der Waals surface area (Å²) >= 11 is 5.70. The lowest BCUT2D eigenvalue weighted by Crippen LogP contribution is -2.27. The van der Waals surface area contributed by atoms with Crippen LogP contribution in [-0.4, -0.2) is 39.3 Å². The molecule has 0 aliphatic rings. The second-order valence-corrected chi connectivity index (χ2v) is 11.2. The van der Waals surface area contributed by atoms with Crippen LogP contribution in [0.15, 0.2) is 65.6 Å². The monoisotopic (exact) mass is 600 g/mol. The molecule has 0 saturated heterocycles. The van der Waals surface area contributed by atoms with E-state index in [4.69, 9.17) is 16.3 Å². The Morgan fingerprint density at radius 3 is 2.23 bits per heavy atom. The molecule has 0 spiro atoms. The van der Waals surface area contributed by atoms with Gasteiger partial charge in [-0.3, -0.25) is 9.59 Å². The molecule has 0 aromatic heterocycles. The third-order valence-electron chi connectivity index (χ3n) is 5.75. The third kappa shape index (κ3) is 7.95. The van der Waals surface area contributed by atoms with Crippen molar-refractivity contribution in [2.24, 2.45) is 0 Å². The molecule has 7 nitrogen and oxygen atoms in total. The second-order valence-electron chi connectivity index (χ2n) is 8.46. The zero-order valence-corrected chi connectivity index (χ0v) is 22.7. The maximum absolute atomic E-state index is 13.4. The van der Waals surface area contributed by atoms with Crippen LogP contribution in [0.2, 0.25) is 5.02 Å². The highest BCUT2D eigenvalue weighted by Gasteiger charge is 2.33. The van der Waals surface area contributed by atoms with Gasteiger partial charge in [-0.25, -0.2) is 12.8 Å². The van der Waals surface area contributed by atoms with Gasteiger partial charge in [-0.1, -0.05) is 36.7 Å². The van der Waals surface area contributed by atoms with E-state index in [2.05, 4.69) is 10.6 Å². The molecular weight excluding hydrogens is 576 g/mol. The van der Waals surface area contributed by atoms with Gasteiger partial charge in [0.15, 0.2) is 9.84 Å². The van der Waals surface area contributed by atoms with Crippen molar-refractivity contribution < 1.29 is 40.3 Å². The van der Waals surface area contributed by atoms with E-state index in [1.165, 1.54) is 43.3 Å². The fraction of sp³-hybridized carbons (Fsp3) is 0.259. The highest BCUT2D eigenvalue weighted by Crippen LogP contribution is 2.34. The molecule has 0 heterocycles. The van der Waals surface area contributed by atoms with Crippen LogP contribution in [0.25, 0.3) is 0 Å². The molecule has 2 amide bonds. The molecular formula is C27H25ClF4N2O5S. The number of nitrogens with one attached hydrogen (secondary N) is 2. The Hall–Kier alpha value is -3.64. The van der Waals surface area contributed by atoms with Crippen LogP contribution in [0.5, 0.6) is 5.75 Å². The molecule has 0 unspecified atom stereocenters. The maximum atomic E-state index is 13.4. The Kier molecular flexibility index (Phi) is 10.2. The van der Waals surface area contributed by atoms with Crippen LogP contribution in [-0.2, 0) is 29.1 Å². The fourth-order valence-electron chi connectivity index (χ4n) is 3.63. The number of halogens is 5. The third-order valence-corrected chi connectivity index (χ3v) is 7.74. The van der Waals surface area contributed by atoms with Crippen LogP contribution >= 0.6 is 11.6 Å². The molecule has 0 bridgehead atoms. The van der Waals surface area contributed by atoms with Gasteiger partial charge in [-0.05, 0) is 53.6 Å². The van der Waals surface area contributed by atoms with Crippen molar-refractivity contribution in [3.8, 4) is 5.75 Å². The lowest BCUT2D eigenvalue weighted by Gasteiger charge is -2.16. The summed E-state index contributed by atoms with van der Waals surface area (Å²) in [7, 11) is -3.37. The van der Waals surface area contributed by atoms with Crippen molar-refractivity contribution in [1.82, 2.24) is 10.6 Å². The summed E-state index contributed by atoms with van der Waals surface area (Å²) in [6.07, 6.45) is -4.71. The van der Waals surface area contributed by atoms with Crippen LogP contribution in [0.4, 0.5) is 17.6 Å². The summed E-state index contributed by atoms with van der Waals surface area (Å²) in [6.45, 7) is -0.174. The molecule has 0 fully saturated rings. The largest absolute Gasteiger partial charge is 0.490 e. The first kappa shape index (κ1) is 30.9. The number of amides is 2. The lowest BCUT2D eigenvalue weighted by atomic mass is 10.1. The number of carbonyl (C=O) groups excluding carboxylic acids is 2. The minimum atomic E-state index is -4.71. The zero-order chi connectivity index (χ0) is 29.5. The van der Waals surface area contributed by atoms with Crippen molar-refractivity contribution in [1.29, 1.82) is 0 Å². The average Bonchev–Trinajstić information content (AvgIpc) is 2.93. The number of rotatable bonds is 11. The topological polar surface area (TPSA) is 102 Å². The molecule has 0 saturated carbocycles. The number of ether oxygens (including phenoxy) is 1. The van der Waals surface area contributed by atoms with E-state index in [1.807, 2.05) is 0 Å². The summed E-state index contributed by atoms with van der Waals surface area (Å²) < 4.78 is 82.1. The standard InChI is InChI=1S/C27H25ClF4N2O5S/c1-2-40(37,38)21-8-3-17(4-9-21)15-33-25(35)18-6-10-24(39-12-11-29)22(13-18)26(36)34-16-19-5-7-20(28)14-23(19)27(30,31)32/h3-10,13-14H,2,11-12,15-16H2,1H3,(H,33,35)(H,34,36). The van der Waals surface area contributed by atoms with E-state index in [1.54, 1.807) is 12.1 Å². The molecule has 214 valence electrons. The predicted octanol–water partition coefficient (Wildman–Crippen LogP) is 5.36. The summed E-state index contributed by atoms with van der Waals surface area (Å²) in [4.78, 5) is 25.9. The summed E-state index contributed by atoms with van der Waals surface area (Å²) in [5, 5.41) is 4.90. The molecule has 13 heteroatoms. The van der Waals surface area contributed by atoms with Crippen molar-refractivity contribution in [3.63, 3.8) is 0 Å². The van der Waals surface area contributed by atoms with E-state index >= 15 is 0 Å². The van der Waals surface area contributed by atoms with Gasteiger partial charge in [-0.2, -0.15) is 13.2 Å². The number of hydrogen-bond donors (Lipinski definition) is 2. The summed E-state index contributed by atoms with van der Waals surface area (Å²) in [5.74, 6) is -1.55. The number of sulfone groups is 1. The van der Waals surface area contributed by atoms with Gasteiger partial charge in [0.2, 0.25) is 0 Å². The van der Waals surface area contributed by atoms with E-state index in [0.717, 1.165) is 12.1 Å². The van der Waals surface area contributed by atoms with Crippen LogP contribution < -0.4 is 15.4 Å². The van der Waals surface area contributed by atoms with Crippen LogP contribution in [0, 0.1) is 0 Å². The predicted molar refractivity (Wildman–Crippen MR) is 141 cm³/mol. The number of alkyl halides is 4. The van der Waals surface area contributed by atoms with Gasteiger partial charge in [0.05, 0.1) is 21.8 Å². The molecule has 3 aromatic carbocycles. The highest BCUT2D eigenvalue weighted by atomic mass is 35.5. The smallest absolute Gasteiger partial charge is 0.416 e. The Labute approximate surface area is 233 Å². The molecule has 40 heavy (non-hydrogen) atoms. The Morgan fingerprint density at radius 2 is 1.60 bits per heavy atom. The van der Waals surface area contributed by atoms with Crippen LogP contribution in [0.3, 0.4) is 0 Å². The van der Waals surface area contributed by atoms with Crippen LogP contribution in [0.1, 0.15) is 44.3 Å². The van der Waals surface area contributed by atoms with Gasteiger partial charge in [0.25, 0.3) is 11.8 Å². The molecule has 2 N–H and O–H groups in total. The van der Waals surface area contributed by atoms with Gasteiger partial charge in [0.1, 0.15) is 19.0 Å². The fourth-order valence-corrected chi connectivity index (χ4v) is 4.68. The van der Waals surface area contributed by atoms with E-state index in [-0.39, 0.29) is 51.3 Å². The minimum absolute atomic E-state index is 0.0328. The second kappa shape index (κ2) is 13.1. The molecule has 3 rings (SSSR count). The first-order chi connectivity index (χ1) is 18.9. The van der Waals surface area contributed by atoms with Gasteiger partial charge < -0.3 is 15.4 Å². The molecule has 0 radical (unpaired) electrons. The van der Waals surface area contributed by atoms with Gasteiger partial charge in [0, 0.05) is 23.7 Å². The van der Waals surface area contributed by atoms with E-state index < -0.39 is 46.6 Å². The van der Waals surface area contributed by atoms with Crippen molar-refractivity contribution in [2.75, 3.05) is 19.0 Å². The summed E-state index contributed by atoms with van der Waals surface area (Å²) in [6, 6.07) is 12.9. The van der Waals surface area contributed by atoms with Gasteiger partial charge in [-0.15, -0.1) is 0 Å². The zero-order valence-electron chi connectivity index (χ0n) is 21.1. The quantitative estimate of drug-likeness (QED) is 0.289. The highest BCUT2D eigenvalue weighted by molar-refractivity contribution is 7.91. The Morgan fingerprint density at radius 1 is 0.925 bits per heavy atom. The average molecular weight is 601 g/mol. The lowest BCUT2D eigenvalue weighted by molar-refractivity contribution is -0.138. The molecule has 0 aliphatic heterocycles. The number of carbonyl (C=O) groups is 2.